The molecule has 0 nitrogen and oxygen atoms in total. The van der Waals surface area contributed by atoms with Crippen LogP contribution in [0.5, 0.6) is 0 Å². The Labute approximate surface area is 228 Å². The Hall–Kier alpha value is -4.68. The molecule has 0 heterocycles. The van der Waals surface area contributed by atoms with Gasteiger partial charge in [-0.2, -0.15) is 0 Å². The molecule has 3 aliphatic rings. The van der Waals surface area contributed by atoms with Crippen molar-refractivity contribution in [2.45, 2.75) is 17.8 Å². The first-order chi connectivity index (χ1) is 19.3. The van der Waals surface area contributed by atoms with Crippen molar-refractivity contribution < 1.29 is 0 Å². The number of hydrogen-bond acceptors (Lipinski definition) is 0. The van der Waals surface area contributed by atoms with Gasteiger partial charge in [0, 0.05) is 17.8 Å². The van der Waals surface area contributed by atoms with E-state index < -0.39 is 0 Å². The van der Waals surface area contributed by atoms with Crippen molar-refractivity contribution in [3.63, 3.8) is 0 Å². The van der Waals surface area contributed by atoms with E-state index in [0.717, 1.165) is 0 Å². The average Bonchev–Trinajstić information content (AvgIpc) is 2.99. The molecule has 6 aromatic rings. The van der Waals surface area contributed by atoms with Crippen molar-refractivity contribution >= 4 is 50.5 Å². The number of hydrogen-bond donors (Lipinski definition) is 0. The zero-order chi connectivity index (χ0) is 25.5. The van der Waals surface area contributed by atoms with Crippen LogP contribution in [0.15, 0.2) is 127 Å². The number of allylic oxidation sites excluding steroid dienone is 3. The van der Waals surface area contributed by atoms with E-state index in [1.807, 2.05) is 0 Å². The number of rotatable bonds is 2. The molecule has 39 heavy (non-hydrogen) atoms. The van der Waals surface area contributed by atoms with Crippen LogP contribution in [-0.2, 0) is 0 Å². The summed E-state index contributed by atoms with van der Waals surface area (Å²) in [7, 11) is 0. The molecule has 0 saturated carbocycles. The van der Waals surface area contributed by atoms with Crippen LogP contribution < -0.4 is 0 Å². The van der Waals surface area contributed by atoms with Crippen LogP contribution in [0.3, 0.4) is 0 Å². The highest BCUT2D eigenvalue weighted by atomic mass is 14.4. The van der Waals surface area contributed by atoms with Gasteiger partial charge in [-0.3, -0.25) is 0 Å². The molecule has 0 aromatic heterocycles. The van der Waals surface area contributed by atoms with Crippen LogP contribution in [0.2, 0.25) is 0 Å². The Morgan fingerprint density at radius 2 is 0.897 bits per heavy atom. The smallest absolute Gasteiger partial charge is 0.0247 e. The molecular formula is C39H26. The third-order valence-electron chi connectivity index (χ3n) is 9.29. The van der Waals surface area contributed by atoms with Gasteiger partial charge in [0.1, 0.15) is 0 Å². The molecule has 0 N–H and O–H groups in total. The van der Waals surface area contributed by atoms with Gasteiger partial charge in [-0.25, -0.2) is 0 Å². The van der Waals surface area contributed by atoms with Gasteiger partial charge in [0.25, 0.3) is 0 Å². The van der Waals surface area contributed by atoms with Crippen LogP contribution in [0.25, 0.3) is 50.5 Å². The predicted molar refractivity (Wildman–Crippen MR) is 166 cm³/mol. The minimum Gasteiger partial charge on any atom is -0.0754 e. The Bertz CT molecular complexity index is 2070. The average molecular weight is 495 g/mol. The first-order valence-corrected chi connectivity index (χ1v) is 14.0. The summed E-state index contributed by atoms with van der Waals surface area (Å²) in [5.74, 6) is 0.731. The van der Waals surface area contributed by atoms with Crippen molar-refractivity contribution in [3.05, 3.63) is 160 Å². The summed E-state index contributed by atoms with van der Waals surface area (Å²) in [5, 5.41) is 8.20. The van der Waals surface area contributed by atoms with Crippen LogP contribution in [0.1, 0.15) is 51.1 Å². The van der Waals surface area contributed by atoms with E-state index >= 15 is 0 Å². The van der Waals surface area contributed by atoms with Gasteiger partial charge in [0.05, 0.1) is 0 Å². The SMILES string of the molecule is C1=CC(C2=Cc3cccc4cccc(c34)C2C2C=Cc3cccc4cccc2c34)c2cccc3cccc1c23. The van der Waals surface area contributed by atoms with E-state index in [4.69, 9.17) is 0 Å². The van der Waals surface area contributed by atoms with Crippen LogP contribution in [-0.4, -0.2) is 0 Å². The molecule has 0 bridgehead atoms. The zero-order valence-electron chi connectivity index (χ0n) is 21.5. The molecule has 0 amide bonds. The van der Waals surface area contributed by atoms with Crippen molar-refractivity contribution in [1.82, 2.24) is 0 Å². The van der Waals surface area contributed by atoms with E-state index in [9.17, 15) is 0 Å². The third kappa shape index (κ3) is 2.95. The third-order valence-corrected chi connectivity index (χ3v) is 9.29. The van der Waals surface area contributed by atoms with E-state index in [0.29, 0.717) is 0 Å². The normalized spacial score (nSPS) is 20.5. The summed E-state index contributed by atoms with van der Waals surface area (Å²) in [6.07, 6.45) is 12.2. The zero-order valence-corrected chi connectivity index (χ0v) is 21.5. The van der Waals surface area contributed by atoms with Crippen LogP contribution in [0, 0.1) is 0 Å². The Balaban J connectivity index is 1.33. The molecule has 182 valence electrons. The van der Waals surface area contributed by atoms with E-state index in [-0.39, 0.29) is 17.8 Å². The lowest BCUT2D eigenvalue weighted by atomic mass is 9.65. The summed E-state index contributed by atoms with van der Waals surface area (Å²) in [6.45, 7) is 0. The second-order valence-electron chi connectivity index (χ2n) is 11.2. The highest BCUT2D eigenvalue weighted by Crippen LogP contribution is 2.54. The van der Waals surface area contributed by atoms with E-state index in [2.05, 4.69) is 140 Å². The Morgan fingerprint density at radius 1 is 0.410 bits per heavy atom. The standard InChI is InChI=1S/C39H26/c1-7-24-12-4-16-31-30(21-19-27(10-1)36(24)31)35-23-29-15-3-9-26-14-6-18-34(38(26)29)39(35)33-22-20-28-11-2-8-25-13-5-17-32(33)37(25)28/h1-23,30,33,39H. The summed E-state index contributed by atoms with van der Waals surface area (Å²) in [5.41, 5.74) is 9.80. The lowest BCUT2D eigenvalue weighted by molar-refractivity contribution is 0.676. The molecule has 0 aliphatic heterocycles. The van der Waals surface area contributed by atoms with Gasteiger partial charge < -0.3 is 0 Å². The molecule has 0 saturated heterocycles. The fraction of sp³-hybridized carbons (Fsp3) is 0.0769. The highest BCUT2D eigenvalue weighted by molar-refractivity contribution is 6.01. The monoisotopic (exact) mass is 494 g/mol. The second-order valence-corrected chi connectivity index (χ2v) is 11.2. The molecule has 0 radical (unpaired) electrons. The molecule has 3 atom stereocenters. The summed E-state index contributed by atoms with van der Waals surface area (Å²) in [4.78, 5) is 0. The second kappa shape index (κ2) is 7.91. The first-order valence-electron chi connectivity index (χ1n) is 14.0. The van der Waals surface area contributed by atoms with Crippen molar-refractivity contribution in [2.24, 2.45) is 0 Å². The lowest BCUT2D eigenvalue weighted by Gasteiger charge is -2.38. The van der Waals surface area contributed by atoms with Crippen LogP contribution >= 0.6 is 0 Å². The summed E-state index contributed by atoms with van der Waals surface area (Å²) in [6, 6.07) is 40.8. The minimum atomic E-state index is 0.224. The summed E-state index contributed by atoms with van der Waals surface area (Å²) >= 11 is 0. The largest absolute Gasteiger partial charge is 0.0754 e. The maximum Gasteiger partial charge on any atom is 0.0247 e. The Kier molecular flexibility index (Phi) is 4.32. The summed E-state index contributed by atoms with van der Waals surface area (Å²) < 4.78 is 0. The fourth-order valence-corrected chi connectivity index (χ4v) is 7.72. The van der Waals surface area contributed by atoms with E-state index in [1.54, 1.807) is 0 Å². The van der Waals surface area contributed by atoms with Gasteiger partial charge in [0.2, 0.25) is 0 Å². The van der Waals surface area contributed by atoms with Crippen molar-refractivity contribution in [1.29, 1.82) is 0 Å². The maximum atomic E-state index is 2.52. The van der Waals surface area contributed by atoms with Gasteiger partial charge >= 0.3 is 0 Å². The molecule has 9 rings (SSSR count). The van der Waals surface area contributed by atoms with Gasteiger partial charge in [0.15, 0.2) is 0 Å². The quantitative estimate of drug-likeness (QED) is 0.225. The molecule has 3 unspecified atom stereocenters. The molecular weight excluding hydrogens is 468 g/mol. The van der Waals surface area contributed by atoms with E-state index in [1.165, 1.54) is 71.3 Å². The highest BCUT2D eigenvalue weighted by Gasteiger charge is 2.37. The minimum absolute atomic E-state index is 0.224. The fourth-order valence-electron chi connectivity index (χ4n) is 7.72. The van der Waals surface area contributed by atoms with Gasteiger partial charge in [-0.05, 0) is 71.3 Å². The predicted octanol–water partition coefficient (Wildman–Crippen LogP) is 10.2. The lowest BCUT2D eigenvalue weighted by Crippen LogP contribution is -2.21. The first kappa shape index (κ1) is 21.3. The number of benzene rings is 6. The van der Waals surface area contributed by atoms with Crippen LogP contribution in [0.4, 0.5) is 0 Å². The Morgan fingerprint density at radius 3 is 1.56 bits per heavy atom. The van der Waals surface area contributed by atoms with Gasteiger partial charge in [-0.1, -0.05) is 140 Å². The van der Waals surface area contributed by atoms with Crippen molar-refractivity contribution in [2.75, 3.05) is 0 Å². The molecule has 0 spiro atoms. The molecule has 0 heteroatoms. The molecule has 0 fully saturated rings. The topological polar surface area (TPSA) is 0 Å². The van der Waals surface area contributed by atoms with Crippen molar-refractivity contribution in [3.8, 4) is 0 Å². The molecule has 6 aromatic carbocycles. The maximum absolute atomic E-state index is 2.52. The molecule has 3 aliphatic carbocycles. The van der Waals surface area contributed by atoms with Gasteiger partial charge in [-0.15, -0.1) is 0 Å².